The van der Waals surface area contributed by atoms with Crippen LogP contribution in [0.25, 0.3) is 10.2 Å². The number of rotatable bonds is 8. The maximum absolute atomic E-state index is 13.0. The van der Waals surface area contributed by atoms with Gasteiger partial charge in [0.05, 0.1) is 45.0 Å². The van der Waals surface area contributed by atoms with Gasteiger partial charge in [-0.15, -0.1) is 11.3 Å². The highest BCUT2D eigenvalue weighted by atomic mass is 35.5. The van der Waals surface area contributed by atoms with Gasteiger partial charge in [-0.2, -0.15) is 4.72 Å². The molecule has 0 spiro atoms. The van der Waals surface area contributed by atoms with Gasteiger partial charge in [-0.1, -0.05) is 25.4 Å². The molecule has 0 radical (unpaired) electrons. The highest BCUT2D eigenvalue weighted by molar-refractivity contribution is 7.89. The average Bonchev–Trinajstić information content (AvgIpc) is 3.11. The molecule has 0 saturated carbocycles. The molecule has 32 heavy (non-hydrogen) atoms. The first-order chi connectivity index (χ1) is 15.1. The third-order valence-electron chi connectivity index (χ3n) is 4.74. The van der Waals surface area contributed by atoms with Gasteiger partial charge in [0.2, 0.25) is 15.9 Å². The maximum Gasteiger partial charge on any atom is 0.242 e. The Morgan fingerprint density at radius 3 is 2.44 bits per heavy atom. The number of thiazole rings is 1. The molecule has 0 aliphatic rings. The Bertz CT molecular complexity index is 1260. The van der Waals surface area contributed by atoms with Crippen LogP contribution in [-0.4, -0.2) is 39.6 Å². The molecule has 3 rings (SSSR count). The van der Waals surface area contributed by atoms with Crippen LogP contribution in [0.15, 0.2) is 35.2 Å². The molecule has 3 aromatic rings. The monoisotopic (exact) mass is 497 g/mol. The van der Waals surface area contributed by atoms with E-state index in [4.69, 9.17) is 21.1 Å². The number of carbonyl (C=O) groups is 1. The summed E-state index contributed by atoms with van der Waals surface area (Å²) < 4.78 is 39.8. The summed E-state index contributed by atoms with van der Waals surface area (Å²) >= 11 is 7.58. The first kappa shape index (κ1) is 24.2. The fraction of sp³-hybridized carbons (Fsp3) is 0.333. The molecule has 2 aromatic carbocycles. The van der Waals surface area contributed by atoms with E-state index in [1.807, 2.05) is 6.92 Å². The molecule has 8 nitrogen and oxygen atoms in total. The van der Waals surface area contributed by atoms with Gasteiger partial charge in [0.1, 0.15) is 17.5 Å². The smallest absolute Gasteiger partial charge is 0.242 e. The number of benzene rings is 2. The summed E-state index contributed by atoms with van der Waals surface area (Å²) in [6, 6.07) is 6.68. The largest absolute Gasteiger partial charge is 0.495 e. The lowest BCUT2D eigenvalue weighted by Gasteiger charge is -2.22. The molecule has 0 saturated heterocycles. The number of amides is 1. The van der Waals surface area contributed by atoms with Crippen molar-refractivity contribution < 1.29 is 22.7 Å². The minimum Gasteiger partial charge on any atom is -0.495 e. The van der Waals surface area contributed by atoms with Gasteiger partial charge in [-0.05, 0) is 37.1 Å². The van der Waals surface area contributed by atoms with Crippen LogP contribution in [-0.2, 0) is 14.8 Å². The predicted octanol–water partition coefficient (Wildman–Crippen LogP) is 4.22. The first-order valence-corrected chi connectivity index (χ1v) is 12.4. The van der Waals surface area contributed by atoms with Crippen molar-refractivity contribution in [3.05, 3.63) is 40.4 Å². The molecule has 2 N–H and O–H groups in total. The zero-order chi connectivity index (χ0) is 23.6. The van der Waals surface area contributed by atoms with E-state index in [9.17, 15) is 13.2 Å². The van der Waals surface area contributed by atoms with E-state index < -0.39 is 22.0 Å². The van der Waals surface area contributed by atoms with Crippen LogP contribution in [0.5, 0.6) is 11.5 Å². The topological polar surface area (TPSA) is 107 Å². The third kappa shape index (κ3) is 5.15. The summed E-state index contributed by atoms with van der Waals surface area (Å²) in [7, 11) is -1.06. The molecule has 172 valence electrons. The minimum atomic E-state index is -3.97. The number of nitrogens with one attached hydrogen (secondary N) is 2. The van der Waals surface area contributed by atoms with Crippen molar-refractivity contribution in [2.24, 2.45) is 5.92 Å². The summed E-state index contributed by atoms with van der Waals surface area (Å²) in [5.41, 5.74) is 1.03. The summed E-state index contributed by atoms with van der Waals surface area (Å²) in [5.74, 6) is -0.163. The number of hydrogen-bond acceptors (Lipinski definition) is 7. The number of aromatic nitrogens is 1. The standard InChI is InChI=1S/C21H24ClN3O5S2/c1-11(2)20(21(26)24-16-9-14(22)17(29-4)10-18(16)30-5)25-32(27,28)13-6-7-15-19(8-13)31-12(3)23-15/h6-11,20,25H,1-5H3,(H,24,26). The highest BCUT2D eigenvalue weighted by Gasteiger charge is 2.29. The lowest BCUT2D eigenvalue weighted by molar-refractivity contribution is -0.118. The highest BCUT2D eigenvalue weighted by Crippen LogP contribution is 2.36. The zero-order valence-electron chi connectivity index (χ0n) is 18.2. The van der Waals surface area contributed by atoms with E-state index >= 15 is 0 Å². The Hall–Kier alpha value is -2.40. The van der Waals surface area contributed by atoms with Gasteiger partial charge < -0.3 is 14.8 Å². The number of hydrogen-bond donors (Lipinski definition) is 2. The lowest BCUT2D eigenvalue weighted by Crippen LogP contribution is -2.47. The molecule has 0 fully saturated rings. The molecule has 0 aliphatic carbocycles. The van der Waals surface area contributed by atoms with E-state index in [0.717, 1.165) is 15.2 Å². The number of ether oxygens (including phenoxy) is 2. The molecule has 1 aromatic heterocycles. The zero-order valence-corrected chi connectivity index (χ0v) is 20.6. The van der Waals surface area contributed by atoms with Crippen molar-refractivity contribution in [1.29, 1.82) is 0 Å². The number of methoxy groups -OCH3 is 2. The van der Waals surface area contributed by atoms with Crippen LogP contribution in [0.4, 0.5) is 5.69 Å². The van der Waals surface area contributed by atoms with Crippen molar-refractivity contribution in [2.75, 3.05) is 19.5 Å². The number of nitrogens with zero attached hydrogens (tertiary/aromatic N) is 1. The number of aryl methyl sites for hydroxylation is 1. The van der Waals surface area contributed by atoms with Gasteiger partial charge >= 0.3 is 0 Å². The number of sulfonamides is 1. The van der Waals surface area contributed by atoms with Crippen LogP contribution < -0.4 is 19.5 Å². The Labute approximate surface area is 196 Å². The summed E-state index contributed by atoms with van der Waals surface area (Å²) in [5, 5.41) is 3.82. The third-order valence-corrected chi connectivity index (χ3v) is 7.41. The first-order valence-electron chi connectivity index (χ1n) is 9.67. The number of anilines is 1. The number of carbonyl (C=O) groups excluding carboxylic acids is 1. The second kappa shape index (κ2) is 9.62. The molecule has 0 aliphatic heterocycles. The van der Waals surface area contributed by atoms with Crippen LogP contribution in [0, 0.1) is 12.8 Å². The lowest BCUT2D eigenvalue weighted by atomic mass is 10.0. The fourth-order valence-electron chi connectivity index (χ4n) is 3.08. The van der Waals surface area contributed by atoms with E-state index in [2.05, 4.69) is 15.0 Å². The fourth-order valence-corrected chi connectivity index (χ4v) is 5.63. The Balaban J connectivity index is 1.87. The van der Waals surface area contributed by atoms with Crippen LogP contribution in [0.3, 0.4) is 0 Å². The second-order valence-electron chi connectivity index (χ2n) is 7.38. The van der Waals surface area contributed by atoms with Crippen molar-refractivity contribution >= 4 is 54.8 Å². The van der Waals surface area contributed by atoms with Crippen LogP contribution >= 0.6 is 22.9 Å². The molecule has 1 amide bonds. The average molecular weight is 498 g/mol. The number of fused-ring (bicyclic) bond motifs is 1. The predicted molar refractivity (Wildman–Crippen MR) is 126 cm³/mol. The van der Waals surface area contributed by atoms with Crippen molar-refractivity contribution in [3.8, 4) is 11.5 Å². The van der Waals surface area contributed by atoms with Gasteiger partial charge in [0, 0.05) is 6.07 Å². The van der Waals surface area contributed by atoms with Gasteiger partial charge in [-0.25, -0.2) is 13.4 Å². The van der Waals surface area contributed by atoms with Gasteiger partial charge in [0.25, 0.3) is 0 Å². The maximum atomic E-state index is 13.0. The van der Waals surface area contributed by atoms with Gasteiger partial charge in [-0.3, -0.25) is 4.79 Å². The van der Waals surface area contributed by atoms with Crippen LogP contribution in [0.2, 0.25) is 5.02 Å². The Kier molecular flexibility index (Phi) is 7.29. The summed E-state index contributed by atoms with van der Waals surface area (Å²) in [6.07, 6.45) is 0. The molecule has 11 heteroatoms. The summed E-state index contributed by atoms with van der Waals surface area (Å²) in [6.45, 7) is 5.36. The van der Waals surface area contributed by atoms with Crippen LogP contribution in [0.1, 0.15) is 18.9 Å². The van der Waals surface area contributed by atoms with Crippen molar-refractivity contribution in [3.63, 3.8) is 0 Å². The minimum absolute atomic E-state index is 0.0668. The SMILES string of the molecule is COc1cc(OC)c(NC(=O)C(NS(=O)(=O)c2ccc3nc(C)sc3c2)C(C)C)cc1Cl. The molecule has 1 unspecified atom stereocenters. The molecular weight excluding hydrogens is 474 g/mol. The summed E-state index contributed by atoms with van der Waals surface area (Å²) in [4.78, 5) is 17.4. The molecular formula is C21H24ClN3O5S2. The molecule has 0 bridgehead atoms. The molecule has 1 atom stereocenters. The van der Waals surface area contributed by atoms with Gasteiger partial charge in [0.15, 0.2) is 0 Å². The van der Waals surface area contributed by atoms with E-state index in [-0.39, 0.29) is 15.8 Å². The Morgan fingerprint density at radius 2 is 1.81 bits per heavy atom. The van der Waals surface area contributed by atoms with Crippen molar-refractivity contribution in [2.45, 2.75) is 31.7 Å². The quantitative estimate of drug-likeness (QED) is 0.482. The van der Waals surface area contributed by atoms with Crippen molar-refractivity contribution in [1.82, 2.24) is 9.71 Å². The molecule has 1 heterocycles. The Morgan fingerprint density at radius 1 is 1.12 bits per heavy atom. The van der Waals surface area contributed by atoms with E-state index in [1.165, 1.54) is 37.7 Å². The van der Waals surface area contributed by atoms with E-state index in [1.54, 1.807) is 32.0 Å². The van der Waals surface area contributed by atoms with E-state index in [0.29, 0.717) is 17.2 Å². The normalized spacial score (nSPS) is 12.7. The number of halogens is 1. The second-order valence-corrected chi connectivity index (χ2v) is 10.7.